The molecule has 182 valence electrons. The molecule has 0 atom stereocenters. The Balaban J connectivity index is 1.46. The van der Waals surface area contributed by atoms with E-state index in [4.69, 9.17) is 14.9 Å². The third kappa shape index (κ3) is 5.77. The SMILES string of the molecule is COc1cc(/C=C2\C(=N)N3N=C(S(C)(=O)=O)SC3=NC2=O)ccc1OCCSc1ccc(C)cc1. The standard InChI is InChI=1S/C23H22N4O5S3/c1-14-4-7-16(8-5-14)33-11-10-32-18-9-6-15(13-19(18)31-2)12-17-20(24)27-22(25-21(17)28)34-23(26-27)35(3,29)30/h4-9,12-13,24H,10-11H2,1-3H3/b17-12+,24-20?. The number of thioether (sulfide) groups is 2. The second kappa shape index (κ2) is 10.3. The second-order valence-corrected chi connectivity index (χ2v) is 11.9. The minimum absolute atomic E-state index is 0.0157. The smallest absolute Gasteiger partial charge is 0.283 e. The zero-order chi connectivity index (χ0) is 25.2. The molecule has 1 amide bonds. The number of nitrogens with one attached hydrogen (secondary N) is 1. The molecule has 2 aliphatic heterocycles. The average molecular weight is 531 g/mol. The number of amidine groups is 2. The molecule has 0 unspecified atom stereocenters. The van der Waals surface area contributed by atoms with Gasteiger partial charge in [0, 0.05) is 16.9 Å². The number of aryl methyl sites for hydroxylation is 1. The number of fused-ring (bicyclic) bond motifs is 1. The molecule has 0 bridgehead atoms. The van der Waals surface area contributed by atoms with Crippen molar-refractivity contribution in [3.8, 4) is 11.5 Å². The van der Waals surface area contributed by atoms with Crippen LogP contribution >= 0.6 is 23.5 Å². The summed E-state index contributed by atoms with van der Waals surface area (Å²) < 4.78 is 34.7. The summed E-state index contributed by atoms with van der Waals surface area (Å²) in [5.41, 5.74) is 1.79. The summed E-state index contributed by atoms with van der Waals surface area (Å²) in [5, 5.41) is 13.4. The molecule has 1 N–H and O–H groups in total. The minimum Gasteiger partial charge on any atom is -0.493 e. The highest BCUT2D eigenvalue weighted by Crippen LogP contribution is 2.32. The number of rotatable bonds is 7. The van der Waals surface area contributed by atoms with Gasteiger partial charge in [0.05, 0.1) is 19.3 Å². The van der Waals surface area contributed by atoms with Crippen LogP contribution in [0.15, 0.2) is 63.0 Å². The lowest BCUT2D eigenvalue weighted by molar-refractivity contribution is -0.114. The number of hydrogen-bond donors (Lipinski definition) is 1. The fourth-order valence-electron chi connectivity index (χ4n) is 3.13. The Hall–Kier alpha value is -3.09. The molecular weight excluding hydrogens is 508 g/mol. The lowest BCUT2D eigenvalue weighted by atomic mass is 10.1. The number of amides is 1. The van der Waals surface area contributed by atoms with Crippen LogP contribution in [0.5, 0.6) is 11.5 Å². The minimum atomic E-state index is -3.59. The van der Waals surface area contributed by atoms with Crippen molar-refractivity contribution in [1.29, 1.82) is 5.41 Å². The maximum atomic E-state index is 12.5. The first-order chi connectivity index (χ1) is 16.7. The van der Waals surface area contributed by atoms with Crippen LogP contribution in [0, 0.1) is 12.3 Å². The number of hydrogen-bond acceptors (Lipinski definition) is 9. The number of hydrazone groups is 1. The summed E-state index contributed by atoms with van der Waals surface area (Å²) in [6.07, 6.45) is 2.50. The van der Waals surface area contributed by atoms with Gasteiger partial charge in [-0.1, -0.05) is 23.8 Å². The highest BCUT2D eigenvalue weighted by molar-refractivity contribution is 8.42. The van der Waals surface area contributed by atoms with E-state index in [0.29, 0.717) is 23.7 Å². The summed E-state index contributed by atoms with van der Waals surface area (Å²) in [4.78, 5) is 17.6. The van der Waals surface area contributed by atoms with Crippen molar-refractivity contribution in [3.63, 3.8) is 0 Å². The van der Waals surface area contributed by atoms with Gasteiger partial charge in [-0.3, -0.25) is 10.2 Å². The molecule has 12 heteroatoms. The van der Waals surface area contributed by atoms with Crippen LogP contribution in [0.4, 0.5) is 0 Å². The van der Waals surface area contributed by atoms with Crippen LogP contribution in [-0.4, -0.2) is 60.4 Å². The Morgan fingerprint density at radius 3 is 2.60 bits per heavy atom. The Morgan fingerprint density at radius 2 is 1.91 bits per heavy atom. The van der Waals surface area contributed by atoms with Crippen LogP contribution in [0.3, 0.4) is 0 Å². The van der Waals surface area contributed by atoms with Crippen molar-refractivity contribution in [2.75, 3.05) is 25.7 Å². The number of carbonyl (C=O) groups excluding carboxylic acids is 1. The Bertz CT molecular complexity index is 1380. The van der Waals surface area contributed by atoms with Gasteiger partial charge in [0.15, 0.2) is 17.3 Å². The summed E-state index contributed by atoms with van der Waals surface area (Å²) >= 11 is 2.44. The molecule has 0 radical (unpaired) electrons. The maximum absolute atomic E-state index is 12.5. The quantitative estimate of drug-likeness (QED) is 0.326. The summed E-state index contributed by atoms with van der Waals surface area (Å²) in [5.74, 6) is 0.897. The molecule has 35 heavy (non-hydrogen) atoms. The van der Waals surface area contributed by atoms with E-state index in [1.165, 1.54) is 23.6 Å². The first-order valence-corrected chi connectivity index (χ1v) is 14.1. The van der Waals surface area contributed by atoms with Crippen molar-refractivity contribution in [2.45, 2.75) is 11.8 Å². The first kappa shape index (κ1) is 25.0. The Labute approximate surface area is 211 Å². The number of methoxy groups -OCH3 is 1. The van der Waals surface area contributed by atoms with Crippen molar-refractivity contribution < 1.29 is 22.7 Å². The summed E-state index contributed by atoms with van der Waals surface area (Å²) in [7, 11) is -2.07. The van der Waals surface area contributed by atoms with E-state index in [9.17, 15) is 13.2 Å². The predicted molar refractivity (Wildman–Crippen MR) is 140 cm³/mol. The first-order valence-electron chi connectivity index (χ1n) is 10.4. The molecule has 2 heterocycles. The molecule has 4 rings (SSSR count). The predicted octanol–water partition coefficient (Wildman–Crippen LogP) is 3.80. The lowest BCUT2D eigenvalue weighted by Gasteiger charge is -2.20. The van der Waals surface area contributed by atoms with E-state index in [2.05, 4.69) is 41.3 Å². The van der Waals surface area contributed by atoms with Crippen LogP contribution in [0.2, 0.25) is 0 Å². The topological polar surface area (TPSA) is 121 Å². The molecule has 0 spiro atoms. The summed E-state index contributed by atoms with van der Waals surface area (Å²) in [6, 6.07) is 13.5. The van der Waals surface area contributed by atoms with Crippen LogP contribution < -0.4 is 9.47 Å². The summed E-state index contributed by atoms with van der Waals surface area (Å²) in [6.45, 7) is 2.53. The average Bonchev–Trinajstić information content (AvgIpc) is 3.26. The van der Waals surface area contributed by atoms with Gasteiger partial charge in [-0.05, 0) is 54.6 Å². The number of carbonyl (C=O) groups is 1. The lowest BCUT2D eigenvalue weighted by Crippen LogP contribution is -2.35. The Kier molecular flexibility index (Phi) is 7.33. The van der Waals surface area contributed by atoms with Gasteiger partial charge in [0.2, 0.25) is 19.4 Å². The Morgan fingerprint density at radius 1 is 1.17 bits per heavy atom. The number of aliphatic imine (C=N–C) groups is 1. The molecule has 0 saturated carbocycles. The van der Waals surface area contributed by atoms with Gasteiger partial charge >= 0.3 is 0 Å². The van der Waals surface area contributed by atoms with Gasteiger partial charge < -0.3 is 9.47 Å². The van der Waals surface area contributed by atoms with Gasteiger partial charge in [-0.15, -0.1) is 16.9 Å². The fourth-order valence-corrected chi connectivity index (χ4v) is 5.55. The zero-order valence-electron chi connectivity index (χ0n) is 19.1. The van der Waals surface area contributed by atoms with E-state index in [1.807, 2.05) is 0 Å². The van der Waals surface area contributed by atoms with Crippen molar-refractivity contribution in [3.05, 3.63) is 59.2 Å². The highest BCUT2D eigenvalue weighted by Gasteiger charge is 2.38. The molecule has 2 aromatic rings. The number of benzene rings is 2. The van der Waals surface area contributed by atoms with Gasteiger partial charge in [0.25, 0.3) is 5.91 Å². The molecule has 0 aromatic heterocycles. The third-order valence-corrected chi connectivity index (χ3v) is 8.44. The fraction of sp³-hybridized carbons (Fsp3) is 0.217. The van der Waals surface area contributed by atoms with Crippen LogP contribution in [0.1, 0.15) is 11.1 Å². The number of sulfone groups is 1. The van der Waals surface area contributed by atoms with Crippen molar-refractivity contribution >= 4 is 60.7 Å². The van der Waals surface area contributed by atoms with Gasteiger partial charge in [-0.2, -0.15) is 10.0 Å². The normalized spacial score (nSPS) is 16.8. The van der Waals surface area contributed by atoms with E-state index >= 15 is 0 Å². The van der Waals surface area contributed by atoms with Gasteiger partial charge in [-0.25, -0.2) is 8.42 Å². The third-order valence-electron chi connectivity index (χ3n) is 4.88. The largest absolute Gasteiger partial charge is 0.493 e. The molecule has 0 saturated heterocycles. The van der Waals surface area contributed by atoms with E-state index < -0.39 is 15.7 Å². The van der Waals surface area contributed by atoms with Crippen molar-refractivity contribution in [1.82, 2.24) is 5.01 Å². The van der Waals surface area contributed by atoms with Gasteiger partial charge in [0.1, 0.15) is 0 Å². The second-order valence-electron chi connectivity index (χ2n) is 7.58. The maximum Gasteiger partial charge on any atom is 0.283 e. The number of ether oxygens (including phenoxy) is 2. The van der Waals surface area contributed by atoms with E-state index in [-0.39, 0.29) is 21.0 Å². The molecule has 2 aromatic carbocycles. The zero-order valence-corrected chi connectivity index (χ0v) is 21.6. The van der Waals surface area contributed by atoms with Crippen LogP contribution in [-0.2, 0) is 14.6 Å². The number of nitrogens with zero attached hydrogens (tertiary/aromatic N) is 3. The van der Waals surface area contributed by atoms with E-state index in [0.717, 1.165) is 28.8 Å². The van der Waals surface area contributed by atoms with Crippen LogP contribution in [0.25, 0.3) is 6.08 Å². The molecule has 0 fully saturated rings. The van der Waals surface area contributed by atoms with E-state index in [1.54, 1.807) is 30.0 Å². The highest BCUT2D eigenvalue weighted by atomic mass is 32.3. The molecule has 9 nitrogen and oxygen atoms in total. The van der Waals surface area contributed by atoms with Crippen molar-refractivity contribution in [2.24, 2.45) is 10.1 Å². The molecular formula is C23H22N4O5S3. The molecule has 2 aliphatic rings. The molecule has 0 aliphatic carbocycles. The monoisotopic (exact) mass is 530 g/mol.